The minimum Gasteiger partial charge on any atom is -0.493 e. The highest BCUT2D eigenvalue weighted by Crippen LogP contribution is 2.25. The smallest absolute Gasteiger partial charge is 0.350 e. The molecule has 0 aliphatic heterocycles. The average molecular weight is 337 g/mol. The molecule has 1 aromatic heterocycles. The van der Waals surface area contributed by atoms with Crippen LogP contribution in [0.4, 0.5) is 4.39 Å². The normalized spacial score (nSPS) is 10.8. The molecule has 0 bridgehead atoms. The Kier molecular flexibility index (Phi) is 5.38. The first-order valence-corrected chi connectivity index (χ1v) is 7.75. The molecule has 0 spiro atoms. The van der Waals surface area contributed by atoms with Crippen LogP contribution in [0, 0.1) is 5.82 Å². The summed E-state index contributed by atoms with van der Waals surface area (Å²) < 4.78 is 22.1. The van der Waals surface area contributed by atoms with Crippen molar-refractivity contribution in [2.45, 2.75) is 33.1 Å². The highest BCUT2D eigenvalue weighted by Gasteiger charge is 2.20. The first-order chi connectivity index (χ1) is 11.4. The summed E-state index contributed by atoms with van der Waals surface area (Å²) in [5.74, 6) is -1.63. The van der Waals surface area contributed by atoms with E-state index in [4.69, 9.17) is 4.74 Å². The van der Waals surface area contributed by atoms with Crippen LogP contribution in [0.15, 0.2) is 16.9 Å². The first kappa shape index (κ1) is 17.7. The zero-order valence-electron chi connectivity index (χ0n) is 13.9. The van der Waals surface area contributed by atoms with Gasteiger partial charge in [0.25, 0.3) is 0 Å². The Morgan fingerprint density at radius 3 is 2.62 bits per heavy atom. The van der Waals surface area contributed by atoms with Gasteiger partial charge in [0.1, 0.15) is 28.6 Å². The maximum atomic E-state index is 14.4. The van der Waals surface area contributed by atoms with Gasteiger partial charge in [-0.3, -0.25) is 4.57 Å². The summed E-state index contributed by atoms with van der Waals surface area (Å²) in [6.45, 7) is 4.10. The molecule has 7 nitrogen and oxygen atoms in total. The van der Waals surface area contributed by atoms with Crippen LogP contribution in [0.3, 0.4) is 0 Å². The largest absolute Gasteiger partial charge is 0.493 e. The van der Waals surface area contributed by atoms with E-state index in [-0.39, 0.29) is 17.0 Å². The monoisotopic (exact) mass is 337 g/mol. The standard InChI is InChI=1S/C16H20FN3O4/c1-4-6-7-24-13-9-12(11(17)8-10(13)15(21)22)20-16(23)19(3)14(5-2)18-20/h8-9H,4-7H2,1-3H3,(H,21,22). The Balaban J connectivity index is 2.56. The lowest BCUT2D eigenvalue weighted by molar-refractivity contribution is 0.0691. The number of rotatable bonds is 7. The Labute approximate surface area is 138 Å². The van der Waals surface area contributed by atoms with Crippen molar-refractivity contribution in [2.75, 3.05) is 6.61 Å². The number of aryl methyl sites for hydroxylation is 1. The van der Waals surface area contributed by atoms with Crippen molar-refractivity contribution < 1.29 is 19.0 Å². The number of halogens is 1. The first-order valence-electron chi connectivity index (χ1n) is 7.75. The number of carbonyl (C=O) groups is 1. The zero-order chi connectivity index (χ0) is 17.9. The summed E-state index contributed by atoms with van der Waals surface area (Å²) in [6, 6.07) is 2.06. The molecule has 8 heteroatoms. The number of nitrogens with zero attached hydrogens (tertiary/aromatic N) is 3. The van der Waals surface area contributed by atoms with Crippen LogP contribution in [0.2, 0.25) is 0 Å². The summed E-state index contributed by atoms with van der Waals surface area (Å²) in [5, 5.41) is 13.3. The number of carboxylic acid groups (broad SMARTS) is 1. The Morgan fingerprint density at radius 1 is 1.38 bits per heavy atom. The highest BCUT2D eigenvalue weighted by molar-refractivity contribution is 5.91. The van der Waals surface area contributed by atoms with Crippen LogP contribution in [0.5, 0.6) is 5.75 Å². The van der Waals surface area contributed by atoms with Gasteiger partial charge in [0.05, 0.1) is 6.61 Å². The lowest BCUT2D eigenvalue weighted by Crippen LogP contribution is -2.23. The van der Waals surface area contributed by atoms with Gasteiger partial charge in [0.2, 0.25) is 0 Å². The van der Waals surface area contributed by atoms with Gasteiger partial charge in [0.15, 0.2) is 0 Å². The maximum Gasteiger partial charge on any atom is 0.350 e. The number of ether oxygens (including phenoxy) is 1. The average Bonchev–Trinajstić information content (AvgIpc) is 2.83. The van der Waals surface area contributed by atoms with E-state index in [1.165, 1.54) is 10.6 Å². The van der Waals surface area contributed by atoms with E-state index in [9.17, 15) is 19.1 Å². The van der Waals surface area contributed by atoms with Gasteiger partial charge in [-0.25, -0.2) is 14.0 Å². The van der Waals surface area contributed by atoms with Crippen molar-refractivity contribution >= 4 is 5.97 Å². The predicted molar refractivity (Wildman–Crippen MR) is 85.5 cm³/mol. The van der Waals surface area contributed by atoms with E-state index in [0.29, 0.717) is 18.9 Å². The number of hydrogen-bond acceptors (Lipinski definition) is 4. The molecule has 0 amide bonds. The second-order valence-corrected chi connectivity index (χ2v) is 5.33. The van der Waals surface area contributed by atoms with Crippen molar-refractivity contribution in [1.29, 1.82) is 0 Å². The van der Waals surface area contributed by atoms with Crippen molar-refractivity contribution in [3.05, 3.63) is 39.8 Å². The molecule has 2 rings (SSSR count). The fourth-order valence-electron chi connectivity index (χ4n) is 2.26. The number of aromatic nitrogens is 3. The number of carboxylic acids is 1. The van der Waals surface area contributed by atoms with Crippen LogP contribution >= 0.6 is 0 Å². The second kappa shape index (κ2) is 7.29. The van der Waals surface area contributed by atoms with Gasteiger partial charge in [0, 0.05) is 19.5 Å². The van der Waals surface area contributed by atoms with Crippen LogP contribution in [-0.2, 0) is 13.5 Å². The van der Waals surface area contributed by atoms with Crippen molar-refractivity contribution in [1.82, 2.24) is 14.3 Å². The van der Waals surface area contributed by atoms with E-state index < -0.39 is 17.5 Å². The molecular weight excluding hydrogens is 317 g/mol. The molecule has 1 N–H and O–H groups in total. The Morgan fingerprint density at radius 2 is 2.08 bits per heavy atom. The number of unbranched alkanes of at least 4 members (excludes halogenated alkanes) is 1. The van der Waals surface area contributed by atoms with Gasteiger partial charge in [-0.2, -0.15) is 4.68 Å². The van der Waals surface area contributed by atoms with Gasteiger partial charge >= 0.3 is 11.7 Å². The quantitative estimate of drug-likeness (QED) is 0.782. The minimum absolute atomic E-state index is 0.0166. The van der Waals surface area contributed by atoms with Crippen LogP contribution in [0.1, 0.15) is 42.9 Å². The maximum absolute atomic E-state index is 14.4. The van der Waals surface area contributed by atoms with Gasteiger partial charge in [-0.05, 0) is 12.5 Å². The molecule has 0 fully saturated rings. The lowest BCUT2D eigenvalue weighted by Gasteiger charge is -2.11. The summed E-state index contributed by atoms with van der Waals surface area (Å²) in [7, 11) is 1.55. The molecule has 0 aliphatic rings. The third-order valence-electron chi connectivity index (χ3n) is 3.65. The minimum atomic E-state index is -1.30. The SMILES string of the molecule is CCCCOc1cc(-n2nc(CC)n(C)c2=O)c(F)cc1C(=O)O. The molecular formula is C16H20FN3O4. The molecule has 24 heavy (non-hydrogen) atoms. The Bertz CT molecular complexity index is 810. The molecule has 0 aliphatic carbocycles. The van der Waals surface area contributed by atoms with Crippen LogP contribution < -0.4 is 10.4 Å². The van der Waals surface area contributed by atoms with Gasteiger partial charge in [-0.15, -0.1) is 5.10 Å². The van der Waals surface area contributed by atoms with E-state index in [1.807, 2.05) is 13.8 Å². The van der Waals surface area contributed by atoms with E-state index in [1.54, 1.807) is 7.05 Å². The zero-order valence-corrected chi connectivity index (χ0v) is 13.9. The molecule has 0 radical (unpaired) electrons. The fourth-order valence-corrected chi connectivity index (χ4v) is 2.26. The molecule has 1 heterocycles. The molecule has 0 saturated heterocycles. The van der Waals surface area contributed by atoms with E-state index in [2.05, 4.69) is 5.10 Å². The van der Waals surface area contributed by atoms with Crippen molar-refractivity contribution in [2.24, 2.45) is 7.05 Å². The van der Waals surface area contributed by atoms with Crippen LogP contribution in [0.25, 0.3) is 5.69 Å². The van der Waals surface area contributed by atoms with Gasteiger partial charge in [-0.1, -0.05) is 20.3 Å². The van der Waals surface area contributed by atoms with Crippen molar-refractivity contribution in [3.8, 4) is 11.4 Å². The molecule has 0 atom stereocenters. The summed E-state index contributed by atoms with van der Waals surface area (Å²) in [6.07, 6.45) is 2.11. The van der Waals surface area contributed by atoms with Crippen molar-refractivity contribution in [3.63, 3.8) is 0 Å². The molecule has 2 aromatic rings. The fraction of sp³-hybridized carbons (Fsp3) is 0.438. The molecule has 130 valence electrons. The predicted octanol–water partition coefficient (Wildman–Crippen LogP) is 2.15. The highest BCUT2D eigenvalue weighted by atomic mass is 19.1. The number of benzene rings is 1. The summed E-state index contributed by atoms with van der Waals surface area (Å²) in [4.78, 5) is 23.5. The number of hydrogen-bond donors (Lipinski definition) is 1. The summed E-state index contributed by atoms with van der Waals surface area (Å²) in [5.41, 5.74) is -0.924. The molecule has 1 aromatic carbocycles. The van der Waals surface area contributed by atoms with Crippen LogP contribution in [-0.4, -0.2) is 32.0 Å². The molecule has 0 saturated carbocycles. The topological polar surface area (TPSA) is 86.4 Å². The second-order valence-electron chi connectivity index (χ2n) is 5.33. The summed E-state index contributed by atoms with van der Waals surface area (Å²) >= 11 is 0. The van der Waals surface area contributed by atoms with Gasteiger partial charge < -0.3 is 9.84 Å². The third-order valence-corrected chi connectivity index (χ3v) is 3.65. The molecule has 0 unspecified atom stereocenters. The Hall–Kier alpha value is -2.64. The van der Waals surface area contributed by atoms with E-state index in [0.717, 1.165) is 23.6 Å². The van der Waals surface area contributed by atoms with E-state index >= 15 is 0 Å². The number of aromatic carboxylic acids is 1. The third kappa shape index (κ3) is 3.32. The lowest BCUT2D eigenvalue weighted by atomic mass is 10.1.